The van der Waals surface area contributed by atoms with Gasteiger partial charge in [-0.3, -0.25) is 0 Å². The zero-order chi connectivity index (χ0) is 12.3. The largest absolute Gasteiger partial charge is 0.462 e. The molecule has 1 aromatic carbocycles. The lowest BCUT2D eigenvalue weighted by molar-refractivity contribution is 0.0526. The van der Waals surface area contributed by atoms with Crippen LogP contribution in [0.3, 0.4) is 0 Å². The van der Waals surface area contributed by atoms with Crippen LogP contribution in [0.4, 0.5) is 0 Å². The van der Waals surface area contributed by atoms with E-state index >= 15 is 0 Å². The molecule has 0 atom stereocenters. The quantitative estimate of drug-likeness (QED) is 0.762. The molecule has 0 spiro atoms. The maximum Gasteiger partial charge on any atom is 0.343 e. The Morgan fingerprint density at radius 1 is 1.47 bits per heavy atom. The van der Waals surface area contributed by atoms with Crippen LogP contribution >= 0.6 is 0 Å². The molecule has 0 aliphatic heterocycles. The summed E-state index contributed by atoms with van der Waals surface area (Å²) in [5, 5.41) is 3.86. The molecule has 1 aromatic heterocycles. The molecule has 2 rings (SSSR count). The highest BCUT2D eigenvalue weighted by Gasteiger charge is 2.18. The van der Waals surface area contributed by atoms with Crippen molar-refractivity contribution < 1.29 is 14.1 Å². The predicted octanol–water partition coefficient (Wildman–Crippen LogP) is 2.83. The first-order chi connectivity index (χ1) is 8.22. The van der Waals surface area contributed by atoms with Crippen molar-refractivity contribution in [2.75, 3.05) is 6.61 Å². The van der Waals surface area contributed by atoms with Crippen LogP contribution in [0.15, 0.2) is 35.1 Å². The minimum absolute atomic E-state index is 0.331. The molecule has 1 heterocycles. The second-order valence-corrected chi connectivity index (χ2v) is 3.67. The molecule has 17 heavy (non-hydrogen) atoms. The lowest BCUT2D eigenvalue weighted by Gasteiger charge is -2.02. The van der Waals surface area contributed by atoms with E-state index in [1.165, 1.54) is 6.26 Å². The second-order valence-electron chi connectivity index (χ2n) is 3.67. The Morgan fingerprint density at radius 2 is 2.29 bits per heavy atom. The molecule has 2 aromatic rings. The molecule has 0 radical (unpaired) electrons. The van der Waals surface area contributed by atoms with Gasteiger partial charge in [-0.25, -0.2) is 4.79 Å². The third kappa shape index (κ3) is 2.36. The zero-order valence-electron chi connectivity index (χ0n) is 9.77. The van der Waals surface area contributed by atoms with Gasteiger partial charge in [-0.1, -0.05) is 28.9 Å². The molecule has 88 valence electrons. The number of rotatable bonds is 3. The van der Waals surface area contributed by atoms with Crippen LogP contribution in [-0.4, -0.2) is 17.7 Å². The van der Waals surface area contributed by atoms with Gasteiger partial charge in [0.05, 0.1) is 6.61 Å². The van der Waals surface area contributed by atoms with Crippen LogP contribution in [0, 0.1) is 6.92 Å². The van der Waals surface area contributed by atoms with E-state index in [-0.39, 0.29) is 0 Å². The maximum absolute atomic E-state index is 11.7. The number of aromatic nitrogens is 1. The van der Waals surface area contributed by atoms with E-state index in [9.17, 15) is 4.79 Å². The molecule has 0 saturated heterocycles. The SMILES string of the molecule is CCOC(=O)c1conc1-c1cccc(C)c1. The summed E-state index contributed by atoms with van der Waals surface area (Å²) in [6, 6.07) is 7.72. The van der Waals surface area contributed by atoms with E-state index in [4.69, 9.17) is 9.26 Å². The summed E-state index contributed by atoms with van der Waals surface area (Å²) in [5.74, 6) is -0.412. The minimum atomic E-state index is -0.412. The number of nitrogens with zero attached hydrogens (tertiary/aromatic N) is 1. The van der Waals surface area contributed by atoms with Gasteiger partial charge < -0.3 is 9.26 Å². The molecule has 0 bridgehead atoms. The number of hydrogen-bond acceptors (Lipinski definition) is 4. The van der Waals surface area contributed by atoms with Crippen molar-refractivity contribution in [3.63, 3.8) is 0 Å². The van der Waals surface area contributed by atoms with Crippen LogP contribution < -0.4 is 0 Å². The Bertz CT molecular complexity index is 531. The molecule has 0 fully saturated rings. The standard InChI is InChI=1S/C13H13NO3/c1-3-16-13(15)11-8-17-14-12(11)10-6-4-5-9(2)7-10/h4-8H,3H2,1-2H3. The van der Waals surface area contributed by atoms with E-state index in [0.717, 1.165) is 11.1 Å². The minimum Gasteiger partial charge on any atom is -0.462 e. The molecule has 4 heteroatoms. The van der Waals surface area contributed by atoms with Crippen molar-refractivity contribution in [3.8, 4) is 11.3 Å². The average Bonchev–Trinajstić information content (AvgIpc) is 2.78. The molecule has 0 amide bonds. The summed E-state index contributed by atoms with van der Waals surface area (Å²) in [7, 11) is 0. The van der Waals surface area contributed by atoms with Gasteiger partial charge in [-0.15, -0.1) is 0 Å². The molecule has 0 N–H and O–H groups in total. The molecular weight excluding hydrogens is 218 g/mol. The Hall–Kier alpha value is -2.10. The molecule has 0 unspecified atom stereocenters. The number of carbonyl (C=O) groups excluding carboxylic acids is 1. The van der Waals surface area contributed by atoms with Crippen molar-refractivity contribution in [1.82, 2.24) is 5.16 Å². The molecule has 0 saturated carbocycles. The Morgan fingerprint density at radius 3 is 3.00 bits per heavy atom. The third-order valence-corrected chi connectivity index (χ3v) is 2.36. The zero-order valence-corrected chi connectivity index (χ0v) is 9.77. The molecule has 0 aliphatic carbocycles. The van der Waals surface area contributed by atoms with Crippen molar-refractivity contribution in [3.05, 3.63) is 41.7 Å². The Kier molecular flexibility index (Phi) is 3.23. The van der Waals surface area contributed by atoms with E-state index in [2.05, 4.69) is 5.16 Å². The monoisotopic (exact) mass is 231 g/mol. The van der Waals surface area contributed by atoms with Crippen molar-refractivity contribution >= 4 is 5.97 Å². The fourth-order valence-corrected chi connectivity index (χ4v) is 1.59. The Labute approximate surface area is 99.2 Å². The molecule has 4 nitrogen and oxygen atoms in total. The summed E-state index contributed by atoms with van der Waals surface area (Å²) < 4.78 is 9.80. The summed E-state index contributed by atoms with van der Waals surface area (Å²) in [6.45, 7) is 4.07. The second kappa shape index (κ2) is 4.82. The number of benzene rings is 1. The number of hydrogen-bond donors (Lipinski definition) is 0. The van der Waals surface area contributed by atoms with Crippen molar-refractivity contribution in [2.45, 2.75) is 13.8 Å². The lowest BCUT2D eigenvalue weighted by Crippen LogP contribution is -2.04. The van der Waals surface area contributed by atoms with Crippen molar-refractivity contribution in [1.29, 1.82) is 0 Å². The van der Waals surface area contributed by atoms with E-state index < -0.39 is 5.97 Å². The maximum atomic E-state index is 11.7. The fraction of sp³-hybridized carbons (Fsp3) is 0.231. The first-order valence-corrected chi connectivity index (χ1v) is 5.41. The summed E-state index contributed by atoms with van der Waals surface area (Å²) in [6.07, 6.45) is 1.32. The first-order valence-electron chi connectivity index (χ1n) is 5.41. The Balaban J connectivity index is 2.40. The fourth-order valence-electron chi connectivity index (χ4n) is 1.59. The third-order valence-electron chi connectivity index (χ3n) is 2.36. The smallest absolute Gasteiger partial charge is 0.343 e. The van der Waals surface area contributed by atoms with Gasteiger partial charge in [-0.05, 0) is 19.9 Å². The molecule has 0 aliphatic rings. The highest BCUT2D eigenvalue weighted by atomic mass is 16.5. The number of aryl methyl sites for hydroxylation is 1. The lowest BCUT2D eigenvalue weighted by atomic mass is 10.1. The van der Waals surface area contributed by atoms with Gasteiger partial charge in [0.1, 0.15) is 17.5 Å². The summed E-state index contributed by atoms with van der Waals surface area (Å²) >= 11 is 0. The highest BCUT2D eigenvalue weighted by Crippen LogP contribution is 2.23. The van der Waals surface area contributed by atoms with Gasteiger partial charge in [0, 0.05) is 5.56 Å². The van der Waals surface area contributed by atoms with Crippen LogP contribution in [-0.2, 0) is 4.74 Å². The van der Waals surface area contributed by atoms with E-state index in [1.807, 2.05) is 31.2 Å². The summed E-state index contributed by atoms with van der Waals surface area (Å²) in [4.78, 5) is 11.7. The van der Waals surface area contributed by atoms with Gasteiger partial charge >= 0.3 is 5.97 Å². The first kappa shape index (κ1) is 11.4. The normalized spacial score (nSPS) is 10.2. The van der Waals surface area contributed by atoms with Crippen LogP contribution in [0.25, 0.3) is 11.3 Å². The van der Waals surface area contributed by atoms with E-state index in [0.29, 0.717) is 17.9 Å². The van der Waals surface area contributed by atoms with Gasteiger partial charge in [0.2, 0.25) is 0 Å². The van der Waals surface area contributed by atoms with Crippen LogP contribution in [0.1, 0.15) is 22.8 Å². The predicted molar refractivity (Wildman–Crippen MR) is 62.6 cm³/mol. The van der Waals surface area contributed by atoms with E-state index in [1.54, 1.807) is 6.92 Å². The van der Waals surface area contributed by atoms with Gasteiger partial charge in [0.15, 0.2) is 0 Å². The highest BCUT2D eigenvalue weighted by molar-refractivity contribution is 5.95. The van der Waals surface area contributed by atoms with Crippen LogP contribution in [0.5, 0.6) is 0 Å². The molecular formula is C13H13NO3. The average molecular weight is 231 g/mol. The van der Waals surface area contributed by atoms with Crippen LogP contribution in [0.2, 0.25) is 0 Å². The number of esters is 1. The topological polar surface area (TPSA) is 52.3 Å². The van der Waals surface area contributed by atoms with Gasteiger partial charge in [0.25, 0.3) is 0 Å². The summed E-state index contributed by atoms with van der Waals surface area (Å²) in [5.41, 5.74) is 2.83. The van der Waals surface area contributed by atoms with Crippen molar-refractivity contribution in [2.24, 2.45) is 0 Å². The number of carbonyl (C=O) groups is 1. The number of ether oxygens (including phenoxy) is 1. The van der Waals surface area contributed by atoms with Gasteiger partial charge in [-0.2, -0.15) is 0 Å².